The SMILES string of the molecule is OCc1cccc(CBr)c1F. The van der Waals surface area contributed by atoms with Gasteiger partial charge >= 0.3 is 0 Å². The van der Waals surface area contributed by atoms with Crippen molar-refractivity contribution in [1.29, 1.82) is 0 Å². The number of aliphatic hydroxyl groups excluding tert-OH is 1. The summed E-state index contributed by atoms with van der Waals surface area (Å²) in [4.78, 5) is 0. The molecule has 0 unspecified atom stereocenters. The van der Waals surface area contributed by atoms with Crippen molar-refractivity contribution in [2.45, 2.75) is 11.9 Å². The average molecular weight is 219 g/mol. The fraction of sp³-hybridized carbons (Fsp3) is 0.250. The molecule has 60 valence electrons. The molecular weight excluding hydrogens is 211 g/mol. The van der Waals surface area contributed by atoms with Crippen LogP contribution in [0.25, 0.3) is 0 Å². The van der Waals surface area contributed by atoms with Crippen molar-refractivity contribution >= 4 is 15.9 Å². The van der Waals surface area contributed by atoms with Crippen molar-refractivity contribution in [2.24, 2.45) is 0 Å². The van der Waals surface area contributed by atoms with E-state index in [4.69, 9.17) is 5.11 Å². The Labute approximate surface area is 73.0 Å². The first-order valence-electron chi connectivity index (χ1n) is 3.22. The summed E-state index contributed by atoms with van der Waals surface area (Å²) in [6.45, 7) is -0.243. The van der Waals surface area contributed by atoms with Gasteiger partial charge in [0, 0.05) is 10.9 Å². The monoisotopic (exact) mass is 218 g/mol. The van der Waals surface area contributed by atoms with Gasteiger partial charge in [0.2, 0.25) is 0 Å². The van der Waals surface area contributed by atoms with E-state index >= 15 is 0 Å². The molecule has 0 spiro atoms. The number of rotatable bonds is 2. The second-order valence-electron chi connectivity index (χ2n) is 2.18. The quantitative estimate of drug-likeness (QED) is 0.756. The minimum atomic E-state index is -0.313. The van der Waals surface area contributed by atoms with Crippen LogP contribution in [-0.4, -0.2) is 5.11 Å². The lowest BCUT2D eigenvalue weighted by Crippen LogP contribution is -1.93. The molecule has 0 amide bonds. The van der Waals surface area contributed by atoms with Crippen LogP contribution in [0.3, 0.4) is 0 Å². The number of halogens is 2. The Balaban J connectivity index is 3.10. The van der Waals surface area contributed by atoms with Crippen molar-refractivity contribution in [3.05, 3.63) is 35.1 Å². The van der Waals surface area contributed by atoms with Crippen LogP contribution in [0.4, 0.5) is 4.39 Å². The van der Waals surface area contributed by atoms with Gasteiger partial charge in [-0.25, -0.2) is 4.39 Å². The molecule has 1 aromatic rings. The first-order valence-corrected chi connectivity index (χ1v) is 4.35. The zero-order valence-electron chi connectivity index (χ0n) is 5.85. The highest BCUT2D eigenvalue weighted by atomic mass is 79.9. The summed E-state index contributed by atoms with van der Waals surface area (Å²) in [6.07, 6.45) is 0. The molecule has 0 aliphatic carbocycles. The van der Waals surface area contributed by atoms with E-state index in [1.807, 2.05) is 0 Å². The Morgan fingerprint density at radius 1 is 1.36 bits per heavy atom. The smallest absolute Gasteiger partial charge is 0.132 e. The van der Waals surface area contributed by atoms with Gasteiger partial charge in [-0.1, -0.05) is 34.1 Å². The maximum atomic E-state index is 13.1. The van der Waals surface area contributed by atoms with Gasteiger partial charge in [0.1, 0.15) is 5.82 Å². The highest BCUT2D eigenvalue weighted by Gasteiger charge is 2.04. The summed E-state index contributed by atoms with van der Waals surface area (Å²) in [7, 11) is 0. The molecule has 0 atom stereocenters. The van der Waals surface area contributed by atoms with E-state index in [9.17, 15) is 4.39 Å². The number of hydrogen-bond donors (Lipinski definition) is 1. The molecule has 0 radical (unpaired) electrons. The molecule has 1 nitrogen and oxygen atoms in total. The van der Waals surface area contributed by atoms with Crippen LogP contribution in [0.2, 0.25) is 0 Å². The van der Waals surface area contributed by atoms with E-state index < -0.39 is 0 Å². The average Bonchev–Trinajstić information content (AvgIpc) is 2.05. The molecule has 1 N–H and O–H groups in total. The predicted octanol–water partition coefficient (Wildman–Crippen LogP) is 2.21. The van der Waals surface area contributed by atoms with Crippen LogP contribution in [-0.2, 0) is 11.9 Å². The minimum absolute atomic E-state index is 0.243. The Morgan fingerprint density at radius 2 is 2.00 bits per heavy atom. The van der Waals surface area contributed by atoms with Crippen LogP contribution in [0.15, 0.2) is 18.2 Å². The zero-order valence-corrected chi connectivity index (χ0v) is 7.44. The van der Waals surface area contributed by atoms with Crippen molar-refractivity contribution in [1.82, 2.24) is 0 Å². The number of aliphatic hydroxyl groups is 1. The third-order valence-electron chi connectivity index (χ3n) is 1.47. The summed E-state index contributed by atoms with van der Waals surface area (Å²) in [5, 5.41) is 9.16. The van der Waals surface area contributed by atoms with Crippen LogP contribution in [0, 0.1) is 5.82 Å². The first kappa shape index (κ1) is 8.68. The Hall–Kier alpha value is -0.410. The number of benzene rings is 1. The molecule has 0 aliphatic rings. The normalized spacial score (nSPS) is 10.1. The molecule has 0 bridgehead atoms. The first-order chi connectivity index (χ1) is 5.29. The maximum absolute atomic E-state index is 13.1. The minimum Gasteiger partial charge on any atom is -0.392 e. The van der Waals surface area contributed by atoms with Gasteiger partial charge in [-0.2, -0.15) is 0 Å². The predicted molar refractivity (Wildman–Crippen MR) is 45.0 cm³/mol. The number of hydrogen-bond acceptors (Lipinski definition) is 1. The van der Waals surface area contributed by atoms with Gasteiger partial charge in [0.25, 0.3) is 0 Å². The Kier molecular flexibility index (Phi) is 3.02. The van der Waals surface area contributed by atoms with E-state index in [1.54, 1.807) is 18.2 Å². The fourth-order valence-corrected chi connectivity index (χ4v) is 1.29. The second-order valence-corrected chi connectivity index (χ2v) is 2.74. The summed E-state index contributed by atoms with van der Waals surface area (Å²) in [6, 6.07) is 4.98. The van der Waals surface area contributed by atoms with Crippen molar-refractivity contribution in [3.8, 4) is 0 Å². The van der Waals surface area contributed by atoms with Gasteiger partial charge in [-0.3, -0.25) is 0 Å². The standard InChI is InChI=1S/C8H8BrFO/c9-4-6-2-1-3-7(5-11)8(6)10/h1-3,11H,4-5H2. The molecule has 0 aromatic heterocycles. The molecule has 1 rings (SSSR count). The third kappa shape index (κ3) is 1.79. The van der Waals surface area contributed by atoms with Crippen molar-refractivity contribution < 1.29 is 9.50 Å². The maximum Gasteiger partial charge on any atom is 0.132 e. The highest BCUT2D eigenvalue weighted by molar-refractivity contribution is 9.08. The molecule has 0 aliphatic heterocycles. The van der Waals surface area contributed by atoms with Gasteiger partial charge in [-0.15, -0.1) is 0 Å². The van der Waals surface area contributed by atoms with Crippen LogP contribution >= 0.6 is 15.9 Å². The molecule has 0 saturated carbocycles. The van der Waals surface area contributed by atoms with Gasteiger partial charge in [0.15, 0.2) is 0 Å². The summed E-state index contributed by atoms with van der Waals surface area (Å²) < 4.78 is 13.1. The van der Waals surface area contributed by atoms with Gasteiger partial charge < -0.3 is 5.11 Å². The van der Waals surface area contributed by atoms with E-state index in [0.29, 0.717) is 16.5 Å². The summed E-state index contributed by atoms with van der Waals surface area (Å²) in [5.74, 6) is -0.313. The summed E-state index contributed by atoms with van der Waals surface area (Å²) in [5.41, 5.74) is 0.929. The largest absolute Gasteiger partial charge is 0.392 e. The van der Waals surface area contributed by atoms with Crippen LogP contribution in [0.1, 0.15) is 11.1 Å². The molecule has 11 heavy (non-hydrogen) atoms. The molecule has 0 saturated heterocycles. The lowest BCUT2D eigenvalue weighted by atomic mass is 10.1. The molecule has 3 heteroatoms. The Bertz CT molecular complexity index is 228. The Morgan fingerprint density at radius 3 is 2.55 bits per heavy atom. The van der Waals surface area contributed by atoms with Gasteiger partial charge in [0.05, 0.1) is 6.61 Å². The number of alkyl halides is 1. The molecular formula is C8H8BrFO. The van der Waals surface area contributed by atoms with E-state index in [1.165, 1.54) is 0 Å². The summed E-state index contributed by atoms with van der Waals surface area (Å²) >= 11 is 3.15. The molecule has 0 heterocycles. The van der Waals surface area contributed by atoms with E-state index in [0.717, 1.165) is 0 Å². The lowest BCUT2D eigenvalue weighted by Gasteiger charge is -2.02. The molecule has 1 aromatic carbocycles. The van der Waals surface area contributed by atoms with Crippen molar-refractivity contribution in [2.75, 3.05) is 0 Å². The fourth-order valence-electron chi connectivity index (χ4n) is 0.858. The third-order valence-corrected chi connectivity index (χ3v) is 2.08. The second kappa shape index (κ2) is 3.83. The molecule has 0 fully saturated rings. The van der Waals surface area contributed by atoms with Crippen LogP contribution in [0.5, 0.6) is 0 Å². The highest BCUT2D eigenvalue weighted by Crippen LogP contribution is 2.15. The van der Waals surface area contributed by atoms with Crippen LogP contribution < -0.4 is 0 Å². The van der Waals surface area contributed by atoms with E-state index in [-0.39, 0.29) is 12.4 Å². The van der Waals surface area contributed by atoms with E-state index in [2.05, 4.69) is 15.9 Å². The van der Waals surface area contributed by atoms with Crippen molar-refractivity contribution in [3.63, 3.8) is 0 Å². The van der Waals surface area contributed by atoms with Gasteiger partial charge in [-0.05, 0) is 5.56 Å². The zero-order chi connectivity index (χ0) is 8.27. The lowest BCUT2D eigenvalue weighted by molar-refractivity contribution is 0.275. The topological polar surface area (TPSA) is 20.2 Å².